The molecule has 0 unspecified atom stereocenters. The standard InChI is InChI=1S/C17H28N4O/c1-3-5-10-21(4-2)16(22)14-11-13-15(19-12-18-13)17(20-14)8-6-7-9-17/h12,14,20H,3-11H2,1-2H3,(H,18,19)/t14-/m0/s1. The number of hydrogen-bond acceptors (Lipinski definition) is 3. The van der Waals surface area contributed by atoms with Crippen molar-refractivity contribution in [1.82, 2.24) is 20.2 Å². The second-order valence-electron chi connectivity index (χ2n) is 6.69. The molecule has 1 spiro atoms. The van der Waals surface area contributed by atoms with Crippen LogP contribution in [0.4, 0.5) is 0 Å². The third kappa shape index (κ3) is 2.67. The number of imidazole rings is 1. The maximum Gasteiger partial charge on any atom is 0.240 e. The number of carbonyl (C=O) groups excluding carboxylic acids is 1. The Balaban J connectivity index is 1.80. The van der Waals surface area contributed by atoms with Gasteiger partial charge in [0.15, 0.2) is 0 Å². The molecule has 0 bridgehead atoms. The number of aromatic amines is 1. The first-order valence-corrected chi connectivity index (χ1v) is 8.79. The molecule has 5 heteroatoms. The Morgan fingerprint density at radius 3 is 2.86 bits per heavy atom. The van der Waals surface area contributed by atoms with Crippen LogP contribution in [0.3, 0.4) is 0 Å². The fraction of sp³-hybridized carbons (Fsp3) is 0.765. The predicted molar refractivity (Wildman–Crippen MR) is 86.5 cm³/mol. The Labute approximate surface area is 132 Å². The lowest BCUT2D eigenvalue weighted by molar-refractivity contribution is -0.134. The van der Waals surface area contributed by atoms with Crippen LogP contribution in [0, 0.1) is 0 Å². The minimum absolute atomic E-state index is 0.0714. The highest BCUT2D eigenvalue weighted by atomic mass is 16.2. The van der Waals surface area contributed by atoms with E-state index in [0.29, 0.717) is 0 Å². The Kier molecular flexibility index (Phi) is 4.52. The predicted octanol–water partition coefficient (Wildman–Crippen LogP) is 2.34. The van der Waals surface area contributed by atoms with Crippen LogP contribution in [0.15, 0.2) is 6.33 Å². The van der Waals surface area contributed by atoms with Gasteiger partial charge in [0.1, 0.15) is 0 Å². The van der Waals surface area contributed by atoms with E-state index < -0.39 is 0 Å². The number of hydrogen-bond donors (Lipinski definition) is 2. The molecule has 2 heterocycles. The normalized spacial score (nSPS) is 22.7. The molecule has 122 valence electrons. The summed E-state index contributed by atoms with van der Waals surface area (Å²) < 4.78 is 0. The summed E-state index contributed by atoms with van der Waals surface area (Å²) in [6.07, 6.45) is 9.34. The van der Waals surface area contributed by atoms with Crippen LogP contribution in [0.25, 0.3) is 0 Å². The molecule has 1 fully saturated rings. The van der Waals surface area contributed by atoms with Gasteiger partial charge in [0, 0.05) is 25.2 Å². The van der Waals surface area contributed by atoms with Crippen molar-refractivity contribution in [2.75, 3.05) is 13.1 Å². The average molecular weight is 304 g/mol. The lowest BCUT2D eigenvalue weighted by Gasteiger charge is -2.39. The number of nitrogens with one attached hydrogen (secondary N) is 2. The summed E-state index contributed by atoms with van der Waals surface area (Å²) >= 11 is 0. The zero-order valence-electron chi connectivity index (χ0n) is 13.8. The van der Waals surface area contributed by atoms with Gasteiger partial charge in [-0.15, -0.1) is 0 Å². The van der Waals surface area contributed by atoms with E-state index in [1.54, 1.807) is 6.33 Å². The zero-order valence-corrected chi connectivity index (χ0v) is 13.8. The van der Waals surface area contributed by atoms with Crippen molar-refractivity contribution in [2.24, 2.45) is 0 Å². The Bertz CT molecular complexity index is 518. The highest BCUT2D eigenvalue weighted by Gasteiger charge is 2.46. The Hall–Kier alpha value is -1.36. The monoisotopic (exact) mass is 304 g/mol. The summed E-state index contributed by atoms with van der Waals surface area (Å²) in [6, 6.07) is -0.108. The summed E-state index contributed by atoms with van der Waals surface area (Å²) in [6.45, 7) is 5.90. The third-order valence-electron chi connectivity index (χ3n) is 5.26. The summed E-state index contributed by atoms with van der Waals surface area (Å²) in [5, 5.41) is 3.69. The van der Waals surface area contributed by atoms with Crippen LogP contribution in [0.1, 0.15) is 63.8 Å². The molecule has 22 heavy (non-hydrogen) atoms. The quantitative estimate of drug-likeness (QED) is 0.878. The minimum atomic E-state index is -0.108. The van der Waals surface area contributed by atoms with Gasteiger partial charge in [-0.3, -0.25) is 10.1 Å². The van der Waals surface area contributed by atoms with Crippen molar-refractivity contribution in [3.05, 3.63) is 17.7 Å². The molecule has 1 aromatic rings. The van der Waals surface area contributed by atoms with Gasteiger partial charge in [-0.05, 0) is 26.2 Å². The lowest BCUT2D eigenvalue weighted by Crippen LogP contribution is -2.58. The lowest BCUT2D eigenvalue weighted by atomic mass is 9.84. The fourth-order valence-electron chi connectivity index (χ4n) is 4.05. The van der Waals surface area contributed by atoms with E-state index in [2.05, 4.69) is 29.1 Å². The molecular weight excluding hydrogens is 276 g/mol. The molecular formula is C17H28N4O. The molecule has 0 saturated heterocycles. The highest BCUT2D eigenvalue weighted by Crippen LogP contribution is 2.42. The molecule has 1 saturated carbocycles. The summed E-state index contributed by atoms with van der Waals surface area (Å²) in [5.41, 5.74) is 2.24. The fourth-order valence-corrected chi connectivity index (χ4v) is 4.05. The van der Waals surface area contributed by atoms with E-state index in [4.69, 9.17) is 0 Å². The molecule has 0 aromatic carbocycles. The van der Waals surface area contributed by atoms with Gasteiger partial charge in [-0.25, -0.2) is 4.98 Å². The second kappa shape index (κ2) is 6.41. The number of fused-ring (bicyclic) bond motifs is 2. The van der Waals surface area contributed by atoms with Crippen molar-refractivity contribution in [1.29, 1.82) is 0 Å². The minimum Gasteiger partial charge on any atom is -0.348 e. The van der Waals surface area contributed by atoms with Gasteiger partial charge in [0.25, 0.3) is 0 Å². The number of likely N-dealkylation sites (N-methyl/N-ethyl adjacent to an activating group) is 1. The van der Waals surface area contributed by atoms with Crippen molar-refractivity contribution >= 4 is 5.91 Å². The molecule has 1 aliphatic heterocycles. The number of nitrogens with zero attached hydrogens (tertiary/aromatic N) is 2. The average Bonchev–Trinajstić information content (AvgIpc) is 3.18. The number of aromatic nitrogens is 2. The first-order chi connectivity index (χ1) is 10.7. The van der Waals surface area contributed by atoms with Gasteiger partial charge in [-0.1, -0.05) is 26.2 Å². The first-order valence-electron chi connectivity index (χ1n) is 8.79. The molecule has 0 radical (unpaired) electrons. The van der Waals surface area contributed by atoms with Crippen molar-refractivity contribution in [2.45, 2.75) is 70.4 Å². The number of unbranched alkanes of at least 4 members (excludes halogenated alkanes) is 1. The molecule has 1 amide bonds. The van der Waals surface area contributed by atoms with Crippen LogP contribution >= 0.6 is 0 Å². The maximum absolute atomic E-state index is 12.9. The number of rotatable bonds is 5. The third-order valence-corrected chi connectivity index (χ3v) is 5.26. The van der Waals surface area contributed by atoms with E-state index in [1.165, 1.54) is 12.8 Å². The maximum atomic E-state index is 12.9. The van der Waals surface area contributed by atoms with E-state index in [-0.39, 0.29) is 17.5 Å². The van der Waals surface area contributed by atoms with Gasteiger partial charge in [-0.2, -0.15) is 0 Å². The Morgan fingerprint density at radius 2 is 2.18 bits per heavy atom. The van der Waals surface area contributed by atoms with Gasteiger partial charge < -0.3 is 9.88 Å². The molecule has 1 aliphatic carbocycles. The van der Waals surface area contributed by atoms with Gasteiger partial charge in [0.05, 0.1) is 23.6 Å². The molecule has 2 aliphatic rings. The largest absolute Gasteiger partial charge is 0.348 e. The summed E-state index contributed by atoms with van der Waals surface area (Å²) in [4.78, 5) is 22.8. The highest BCUT2D eigenvalue weighted by molar-refractivity contribution is 5.82. The Morgan fingerprint density at radius 1 is 1.41 bits per heavy atom. The summed E-state index contributed by atoms with van der Waals surface area (Å²) in [5.74, 6) is 0.252. The number of amides is 1. The van der Waals surface area contributed by atoms with Crippen molar-refractivity contribution in [3.8, 4) is 0 Å². The van der Waals surface area contributed by atoms with Crippen molar-refractivity contribution < 1.29 is 4.79 Å². The van der Waals surface area contributed by atoms with E-state index in [9.17, 15) is 4.79 Å². The smallest absolute Gasteiger partial charge is 0.240 e. The molecule has 5 nitrogen and oxygen atoms in total. The van der Waals surface area contributed by atoms with E-state index in [1.807, 2.05) is 4.90 Å². The van der Waals surface area contributed by atoms with Gasteiger partial charge >= 0.3 is 0 Å². The van der Waals surface area contributed by atoms with Crippen LogP contribution in [0.2, 0.25) is 0 Å². The van der Waals surface area contributed by atoms with E-state index >= 15 is 0 Å². The molecule has 1 aromatic heterocycles. The molecule has 2 N–H and O–H groups in total. The number of carbonyl (C=O) groups is 1. The number of H-pyrrole nitrogens is 1. The second-order valence-corrected chi connectivity index (χ2v) is 6.69. The SMILES string of the molecule is CCCCN(CC)C(=O)[C@@H]1Cc2[nH]cnc2C2(CCCC2)N1. The topological polar surface area (TPSA) is 61.0 Å². The van der Waals surface area contributed by atoms with E-state index in [0.717, 1.165) is 56.6 Å². The molecule has 3 rings (SSSR count). The van der Waals surface area contributed by atoms with Crippen LogP contribution in [0.5, 0.6) is 0 Å². The van der Waals surface area contributed by atoms with Crippen molar-refractivity contribution in [3.63, 3.8) is 0 Å². The van der Waals surface area contributed by atoms with Crippen LogP contribution < -0.4 is 5.32 Å². The van der Waals surface area contributed by atoms with Crippen LogP contribution in [-0.2, 0) is 16.8 Å². The summed E-state index contributed by atoms with van der Waals surface area (Å²) in [7, 11) is 0. The van der Waals surface area contributed by atoms with Gasteiger partial charge in [0.2, 0.25) is 5.91 Å². The first kappa shape index (κ1) is 15.5. The zero-order chi connectivity index (χ0) is 15.6. The van der Waals surface area contributed by atoms with Crippen LogP contribution in [-0.4, -0.2) is 39.9 Å². The molecule has 1 atom stereocenters.